The first-order valence-corrected chi connectivity index (χ1v) is 11.2. The molecule has 0 spiro atoms. The molecule has 8 nitrogen and oxygen atoms in total. The molecule has 1 atom stereocenters. The van der Waals surface area contributed by atoms with Crippen LogP contribution in [0, 0.1) is 0 Å². The second kappa shape index (κ2) is 11.2. The van der Waals surface area contributed by atoms with Crippen molar-refractivity contribution < 1.29 is 23.9 Å². The topological polar surface area (TPSA) is 120 Å². The van der Waals surface area contributed by atoms with E-state index in [4.69, 9.17) is 15.2 Å². The average Bonchev–Trinajstić information content (AvgIpc) is 2.84. The minimum Gasteiger partial charge on any atom is -0.493 e. The molecule has 0 radical (unpaired) electrons. The first-order valence-electron chi connectivity index (χ1n) is 10.3. The fourth-order valence-corrected chi connectivity index (χ4v) is 3.88. The Labute approximate surface area is 201 Å². The smallest absolute Gasteiger partial charge is 0.255 e. The third-order valence-electron chi connectivity index (χ3n) is 4.88. The average molecular weight is 480 g/mol. The number of hydrogen-bond donors (Lipinski definition) is 3. The van der Waals surface area contributed by atoms with Crippen molar-refractivity contribution in [3.05, 3.63) is 77.9 Å². The van der Waals surface area contributed by atoms with Gasteiger partial charge in [0.15, 0.2) is 11.5 Å². The lowest BCUT2D eigenvalue weighted by Crippen LogP contribution is -2.22. The number of nitrogens with one attached hydrogen (secondary N) is 2. The van der Waals surface area contributed by atoms with Crippen molar-refractivity contribution in [3.63, 3.8) is 0 Å². The number of rotatable bonds is 9. The van der Waals surface area contributed by atoms with Crippen LogP contribution in [0.2, 0.25) is 0 Å². The van der Waals surface area contributed by atoms with E-state index < -0.39 is 5.91 Å². The van der Waals surface area contributed by atoms with Crippen LogP contribution in [-0.2, 0) is 4.79 Å². The van der Waals surface area contributed by atoms with Gasteiger partial charge in [-0.3, -0.25) is 14.4 Å². The molecule has 0 aliphatic carbocycles. The van der Waals surface area contributed by atoms with E-state index >= 15 is 0 Å². The number of hydrogen-bond acceptors (Lipinski definition) is 6. The summed E-state index contributed by atoms with van der Waals surface area (Å²) >= 11 is 1.38. The van der Waals surface area contributed by atoms with Gasteiger partial charge in [-0.25, -0.2) is 0 Å². The summed E-state index contributed by atoms with van der Waals surface area (Å²) in [4.78, 5) is 37.1. The van der Waals surface area contributed by atoms with Gasteiger partial charge in [-0.05, 0) is 73.7 Å². The fraction of sp³-hybridized carbons (Fsp3) is 0.160. The van der Waals surface area contributed by atoms with Crippen molar-refractivity contribution in [2.75, 3.05) is 24.9 Å². The predicted molar refractivity (Wildman–Crippen MR) is 133 cm³/mol. The first kappa shape index (κ1) is 24.7. The van der Waals surface area contributed by atoms with E-state index in [1.807, 2.05) is 12.1 Å². The standard InChI is InChI=1S/C25H25N3O5S/c1-15(24(30)27-18-7-4-16(5-8-18)23(26)29)34-20-11-9-19(10-12-20)28-25(31)17-6-13-21(32-2)22(14-17)33-3/h4-15H,1-3H3,(H2,26,29)(H,27,30)(H,28,31). The molecule has 3 aromatic carbocycles. The SMILES string of the molecule is COc1ccc(C(=O)Nc2ccc(SC(C)C(=O)Nc3ccc(C(N)=O)cc3)cc2)cc1OC. The summed E-state index contributed by atoms with van der Waals surface area (Å²) in [5.74, 6) is 0.0310. The molecule has 0 saturated heterocycles. The molecule has 176 valence electrons. The number of thioether (sulfide) groups is 1. The van der Waals surface area contributed by atoms with Crippen molar-refractivity contribution in [1.82, 2.24) is 0 Å². The Hall–Kier alpha value is -3.98. The third-order valence-corrected chi connectivity index (χ3v) is 5.99. The maximum Gasteiger partial charge on any atom is 0.255 e. The highest BCUT2D eigenvalue weighted by Crippen LogP contribution is 2.29. The molecular weight excluding hydrogens is 454 g/mol. The van der Waals surface area contributed by atoms with Gasteiger partial charge >= 0.3 is 0 Å². The van der Waals surface area contributed by atoms with Gasteiger partial charge in [0.1, 0.15) is 0 Å². The third kappa shape index (κ3) is 6.29. The van der Waals surface area contributed by atoms with Crippen LogP contribution in [0.3, 0.4) is 0 Å². The lowest BCUT2D eigenvalue weighted by Gasteiger charge is -2.13. The number of benzene rings is 3. The second-order valence-electron chi connectivity index (χ2n) is 7.24. The van der Waals surface area contributed by atoms with Gasteiger partial charge in [0.2, 0.25) is 11.8 Å². The Morgan fingerprint density at radius 3 is 1.94 bits per heavy atom. The summed E-state index contributed by atoms with van der Waals surface area (Å²) in [6, 6.07) is 18.5. The van der Waals surface area contributed by atoms with Crippen LogP contribution in [-0.4, -0.2) is 37.2 Å². The van der Waals surface area contributed by atoms with Gasteiger partial charge in [0.05, 0.1) is 19.5 Å². The Morgan fingerprint density at radius 1 is 0.794 bits per heavy atom. The normalized spacial score (nSPS) is 11.3. The molecular formula is C25H25N3O5S. The number of primary amides is 1. The molecule has 0 aromatic heterocycles. The highest BCUT2D eigenvalue weighted by atomic mass is 32.2. The number of amides is 3. The van der Waals surface area contributed by atoms with E-state index in [1.165, 1.54) is 26.0 Å². The Morgan fingerprint density at radius 2 is 1.35 bits per heavy atom. The molecule has 0 saturated carbocycles. The highest BCUT2D eigenvalue weighted by molar-refractivity contribution is 8.00. The van der Waals surface area contributed by atoms with Crippen LogP contribution >= 0.6 is 11.8 Å². The fourth-order valence-electron chi connectivity index (χ4n) is 3.02. The number of anilines is 2. The Balaban J connectivity index is 1.57. The Kier molecular flexibility index (Phi) is 8.15. The molecule has 0 bridgehead atoms. The summed E-state index contributed by atoms with van der Waals surface area (Å²) in [6.07, 6.45) is 0. The maximum absolute atomic E-state index is 12.6. The van der Waals surface area contributed by atoms with Crippen LogP contribution in [0.1, 0.15) is 27.6 Å². The maximum atomic E-state index is 12.6. The molecule has 3 aromatic rings. The molecule has 3 rings (SSSR count). The van der Waals surface area contributed by atoms with Gasteiger partial charge < -0.3 is 25.8 Å². The van der Waals surface area contributed by atoms with Crippen LogP contribution < -0.4 is 25.8 Å². The zero-order valence-corrected chi connectivity index (χ0v) is 19.8. The molecule has 9 heteroatoms. The zero-order chi connectivity index (χ0) is 24.7. The second-order valence-corrected chi connectivity index (χ2v) is 8.65. The van der Waals surface area contributed by atoms with Gasteiger partial charge in [-0.15, -0.1) is 11.8 Å². The van der Waals surface area contributed by atoms with E-state index in [0.29, 0.717) is 34.0 Å². The number of nitrogens with two attached hydrogens (primary N) is 1. The molecule has 4 N–H and O–H groups in total. The zero-order valence-electron chi connectivity index (χ0n) is 19.0. The lowest BCUT2D eigenvalue weighted by molar-refractivity contribution is -0.115. The minimum absolute atomic E-state index is 0.178. The number of methoxy groups -OCH3 is 2. The summed E-state index contributed by atoms with van der Waals surface area (Å²) in [5, 5.41) is 5.28. The van der Waals surface area contributed by atoms with E-state index in [9.17, 15) is 14.4 Å². The number of ether oxygens (including phenoxy) is 2. The van der Waals surface area contributed by atoms with Crippen molar-refractivity contribution in [3.8, 4) is 11.5 Å². The highest BCUT2D eigenvalue weighted by Gasteiger charge is 2.15. The first-order chi connectivity index (χ1) is 16.3. The Bertz CT molecular complexity index is 1180. The molecule has 1 unspecified atom stereocenters. The van der Waals surface area contributed by atoms with Crippen LogP contribution in [0.15, 0.2) is 71.6 Å². The summed E-state index contributed by atoms with van der Waals surface area (Å²) in [7, 11) is 3.04. The monoisotopic (exact) mass is 479 g/mol. The van der Waals surface area contributed by atoms with Crippen LogP contribution in [0.4, 0.5) is 11.4 Å². The van der Waals surface area contributed by atoms with Crippen molar-refractivity contribution in [2.45, 2.75) is 17.1 Å². The largest absolute Gasteiger partial charge is 0.493 e. The van der Waals surface area contributed by atoms with Gasteiger partial charge in [-0.2, -0.15) is 0 Å². The van der Waals surface area contributed by atoms with Crippen molar-refractivity contribution in [2.24, 2.45) is 5.73 Å². The van der Waals surface area contributed by atoms with Crippen molar-refractivity contribution >= 4 is 40.9 Å². The molecule has 34 heavy (non-hydrogen) atoms. The van der Waals surface area contributed by atoms with Crippen LogP contribution in [0.5, 0.6) is 11.5 Å². The molecule has 0 fully saturated rings. The van der Waals surface area contributed by atoms with E-state index in [2.05, 4.69) is 10.6 Å². The molecule has 0 aliphatic rings. The van der Waals surface area contributed by atoms with E-state index in [-0.39, 0.29) is 17.1 Å². The number of carbonyl (C=O) groups excluding carboxylic acids is 3. The number of carbonyl (C=O) groups is 3. The van der Waals surface area contributed by atoms with Crippen molar-refractivity contribution in [1.29, 1.82) is 0 Å². The molecule has 3 amide bonds. The van der Waals surface area contributed by atoms with Crippen LogP contribution in [0.25, 0.3) is 0 Å². The minimum atomic E-state index is -0.523. The summed E-state index contributed by atoms with van der Waals surface area (Å²) < 4.78 is 10.4. The quantitative estimate of drug-likeness (QED) is 0.396. The van der Waals surface area contributed by atoms with Gasteiger partial charge in [-0.1, -0.05) is 0 Å². The van der Waals surface area contributed by atoms with E-state index in [0.717, 1.165) is 4.90 Å². The summed E-state index contributed by atoms with van der Waals surface area (Å²) in [5.41, 5.74) is 7.24. The van der Waals surface area contributed by atoms with E-state index in [1.54, 1.807) is 61.5 Å². The van der Waals surface area contributed by atoms with Gasteiger partial charge in [0.25, 0.3) is 5.91 Å². The summed E-state index contributed by atoms with van der Waals surface area (Å²) in [6.45, 7) is 1.80. The lowest BCUT2D eigenvalue weighted by atomic mass is 10.2. The van der Waals surface area contributed by atoms with Gasteiger partial charge in [0, 0.05) is 27.4 Å². The predicted octanol–water partition coefficient (Wildman–Crippen LogP) is 4.17. The molecule has 0 heterocycles. The molecule has 0 aliphatic heterocycles.